The summed E-state index contributed by atoms with van der Waals surface area (Å²) in [6, 6.07) is 0. The molecule has 6 aliphatic carbocycles. The van der Waals surface area contributed by atoms with Gasteiger partial charge in [-0.3, -0.25) is 0 Å². The Hall–Kier alpha value is 0.640. The average Bonchev–Trinajstić information content (AvgIpc) is 3.56. The molecule has 6 rings (SSSR count). The maximum atomic E-state index is 6.93. The summed E-state index contributed by atoms with van der Waals surface area (Å²) in [5.74, 6) is 3.99. The summed E-state index contributed by atoms with van der Waals surface area (Å²) in [5, 5.41) is 0. The summed E-state index contributed by atoms with van der Waals surface area (Å²) in [6.07, 6.45) is 20.7. The molecule has 0 N–H and O–H groups in total. The van der Waals surface area contributed by atoms with Gasteiger partial charge in [-0.2, -0.15) is 0 Å². The molecule has 4 heteroatoms. The number of hydrogen-bond donors (Lipinski definition) is 0. The summed E-state index contributed by atoms with van der Waals surface area (Å²) in [7, 11) is 0. The van der Waals surface area contributed by atoms with Gasteiger partial charge in [-0.1, -0.05) is 96.1 Å². The molecule has 0 amide bonds. The molecule has 0 aromatic heterocycles. The zero-order chi connectivity index (χ0) is 22.1. The molecule has 178 valence electrons. The molecule has 6 aliphatic rings. The fraction of sp³-hybridized carbons (Fsp3) is 0.857. The molecule has 0 aliphatic heterocycles. The van der Waals surface area contributed by atoms with Gasteiger partial charge in [0.25, 0.3) is 0 Å². The van der Waals surface area contributed by atoms with E-state index in [0.29, 0.717) is 23.7 Å². The van der Waals surface area contributed by atoms with Gasteiger partial charge in [0.2, 0.25) is 0 Å². The fourth-order valence-electron chi connectivity index (χ4n) is 8.89. The Labute approximate surface area is 214 Å². The average molecular weight is 516 g/mol. The Morgan fingerprint density at radius 2 is 0.906 bits per heavy atom. The zero-order valence-corrected chi connectivity index (χ0v) is 22.3. The van der Waals surface area contributed by atoms with Crippen molar-refractivity contribution in [2.24, 2.45) is 35.5 Å². The maximum absolute atomic E-state index is 6.93. The minimum absolute atomic E-state index is 0.465. The monoisotopic (exact) mass is 514 g/mol. The molecule has 0 radical (unpaired) electrons. The second-order valence-electron chi connectivity index (χ2n) is 12.0. The Bertz CT molecular complexity index is 753. The number of alkyl halides is 4. The Morgan fingerprint density at radius 3 is 1.31 bits per heavy atom. The molecule has 4 bridgehead atoms. The summed E-state index contributed by atoms with van der Waals surface area (Å²) in [6.45, 7) is 0. The van der Waals surface area contributed by atoms with Gasteiger partial charge in [0.1, 0.15) is 8.67 Å². The zero-order valence-electron chi connectivity index (χ0n) is 19.3. The summed E-state index contributed by atoms with van der Waals surface area (Å²) >= 11 is 27.7. The van der Waals surface area contributed by atoms with E-state index in [1.54, 1.807) is 11.1 Å². The quantitative estimate of drug-likeness (QED) is 0.163. The smallest absolute Gasteiger partial charge is 0.0963 e. The highest BCUT2D eigenvalue weighted by Gasteiger charge is 2.56. The highest BCUT2D eigenvalue weighted by Crippen LogP contribution is 2.65. The first kappa shape index (κ1) is 23.1. The number of allylic oxidation sites excluding steroid dienone is 4. The van der Waals surface area contributed by atoms with Gasteiger partial charge < -0.3 is 0 Å². The lowest BCUT2D eigenvalue weighted by Crippen LogP contribution is -2.26. The molecule has 0 aromatic carbocycles. The molecule has 0 nitrogen and oxygen atoms in total. The number of halogens is 4. The van der Waals surface area contributed by atoms with Crippen LogP contribution in [0.1, 0.15) is 103 Å². The van der Waals surface area contributed by atoms with Gasteiger partial charge in [-0.15, -0.1) is 0 Å². The topological polar surface area (TPSA) is 0 Å². The number of fused-ring (bicyclic) bond motifs is 8. The highest BCUT2D eigenvalue weighted by atomic mass is 35.5. The van der Waals surface area contributed by atoms with E-state index in [2.05, 4.69) is 0 Å². The van der Waals surface area contributed by atoms with Crippen molar-refractivity contribution in [3.05, 3.63) is 22.3 Å². The molecule has 2 saturated carbocycles. The van der Waals surface area contributed by atoms with Crippen LogP contribution in [0, 0.1) is 35.5 Å². The molecular formula is C28H38Cl4. The molecule has 0 heterocycles. The lowest BCUT2D eigenvalue weighted by atomic mass is 9.90. The van der Waals surface area contributed by atoms with Crippen molar-refractivity contribution in [3.8, 4) is 0 Å². The predicted octanol–water partition coefficient (Wildman–Crippen LogP) is 9.95. The molecule has 0 aromatic rings. The first-order valence-electron chi connectivity index (χ1n) is 13.6. The van der Waals surface area contributed by atoms with E-state index in [0.717, 1.165) is 11.8 Å². The van der Waals surface area contributed by atoms with Crippen LogP contribution in [0.2, 0.25) is 0 Å². The highest BCUT2D eigenvalue weighted by molar-refractivity contribution is 6.51. The van der Waals surface area contributed by atoms with Crippen LogP contribution < -0.4 is 0 Å². The summed E-state index contributed by atoms with van der Waals surface area (Å²) < 4.78 is -1.11. The third-order valence-electron chi connectivity index (χ3n) is 10.4. The van der Waals surface area contributed by atoms with Crippen LogP contribution in [0.5, 0.6) is 0 Å². The molecular weight excluding hydrogens is 478 g/mol. The first-order chi connectivity index (χ1) is 15.4. The van der Waals surface area contributed by atoms with Crippen molar-refractivity contribution in [1.29, 1.82) is 0 Å². The third kappa shape index (κ3) is 3.67. The maximum Gasteiger partial charge on any atom is 0.142 e. The van der Waals surface area contributed by atoms with Crippen molar-refractivity contribution in [3.63, 3.8) is 0 Å². The van der Waals surface area contributed by atoms with Gasteiger partial charge in [0.05, 0.1) is 0 Å². The molecule has 2 fully saturated rings. The van der Waals surface area contributed by atoms with E-state index in [9.17, 15) is 0 Å². The molecule has 6 atom stereocenters. The van der Waals surface area contributed by atoms with Gasteiger partial charge in [-0.25, -0.2) is 0 Å². The lowest BCUT2D eigenvalue weighted by molar-refractivity contribution is 0.413. The van der Waals surface area contributed by atoms with E-state index in [1.807, 2.05) is 0 Å². The van der Waals surface area contributed by atoms with Crippen LogP contribution in [-0.2, 0) is 0 Å². The SMILES string of the molecule is ClC1(Cl)C2=C(CC1CCCCCCCCC1CC3=C(C4CCC3C4)C1(Cl)Cl)C1CCC2C1. The second kappa shape index (κ2) is 8.64. The normalized spacial score (nSPS) is 40.1. The van der Waals surface area contributed by atoms with Crippen LogP contribution in [-0.4, -0.2) is 8.67 Å². The van der Waals surface area contributed by atoms with E-state index in [4.69, 9.17) is 46.4 Å². The van der Waals surface area contributed by atoms with Crippen molar-refractivity contribution >= 4 is 46.4 Å². The largest absolute Gasteiger partial charge is 0.142 e. The van der Waals surface area contributed by atoms with Crippen LogP contribution in [0.4, 0.5) is 0 Å². The van der Waals surface area contributed by atoms with E-state index in [1.165, 1.54) is 114 Å². The Morgan fingerprint density at radius 1 is 0.531 bits per heavy atom. The lowest BCUT2D eigenvalue weighted by Gasteiger charge is -2.29. The number of rotatable bonds is 9. The van der Waals surface area contributed by atoms with E-state index >= 15 is 0 Å². The van der Waals surface area contributed by atoms with E-state index < -0.39 is 8.67 Å². The first-order valence-corrected chi connectivity index (χ1v) is 15.1. The number of unbranched alkanes of at least 4 members (excludes halogenated alkanes) is 5. The molecule has 32 heavy (non-hydrogen) atoms. The predicted molar refractivity (Wildman–Crippen MR) is 138 cm³/mol. The van der Waals surface area contributed by atoms with Crippen molar-refractivity contribution in [2.45, 2.75) is 111 Å². The third-order valence-corrected chi connectivity index (χ3v) is 12.4. The standard InChI is InChI=1S/C28H38Cl4/c29-27(30)21(15-23-17-9-11-19(13-17)25(23)27)7-5-3-1-2-4-6-8-22-16-24-18-10-12-20(14-18)26(24)28(22,31)32/h17-22H,1-16H2. The van der Waals surface area contributed by atoms with E-state index in [-0.39, 0.29) is 0 Å². The molecule has 6 unspecified atom stereocenters. The van der Waals surface area contributed by atoms with Gasteiger partial charge >= 0.3 is 0 Å². The Balaban J connectivity index is 0.873. The second-order valence-corrected chi connectivity index (χ2v) is 14.8. The summed E-state index contributed by atoms with van der Waals surface area (Å²) in [5.41, 5.74) is 6.28. The number of hydrogen-bond acceptors (Lipinski definition) is 0. The minimum Gasteiger partial charge on any atom is -0.0963 e. The fourth-order valence-corrected chi connectivity index (χ4v) is 10.7. The van der Waals surface area contributed by atoms with Crippen LogP contribution in [0.15, 0.2) is 22.3 Å². The summed E-state index contributed by atoms with van der Waals surface area (Å²) in [4.78, 5) is 0. The molecule has 0 spiro atoms. The minimum atomic E-state index is -0.556. The van der Waals surface area contributed by atoms with Crippen molar-refractivity contribution < 1.29 is 0 Å². The van der Waals surface area contributed by atoms with Gasteiger partial charge in [-0.05, 0) is 111 Å². The van der Waals surface area contributed by atoms with Crippen LogP contribution >= 0.6 is 46.4 Å². The van der Waals surface area contributed by atoms with Crippen LogP contribution in [0.3, 0.4) is 0 Å². The van der Waals surface area contributed by atoms with Gasteiger partial charge in [0.15, 0.2) is 0 Å². The van der Waals surface area contributed by atoms with Crippen molar-refractivity contribution in [1.82, 2.24) is 0 Å². The van der Waals surface area contributed by atoms with Crippen molar-refractivity contribution in [2.75, 3.05) is 0 Å². The molecule has 0 saturated heterocycles. The van der Waals surface area contributed by atoms with Crippen LogP contribution in [0.25, 0.3) is 0 Å². The Kier molecular flexibility index (Phi) is 6.23. The van der Waals surface area contributed by atoms with Gasteiger partial charge in [0, 0.05) is 0 Å².